The van der Waals surface area contributed by atoms with Crippen LogP contribution < -0.4 is 4.74 Å². The number of rotatable bonds is 4. The lowest BCUT2D eigenvalue weighted by Crippen LogP contribution is -2.23. The van der Waals surface area contributed by atoms with E-state index in [1.165, 1.54) is 0 Å². The molecule has 4 heteroatoms. The Bertz CT molecular complexity index is 389. The maximum Gasteiger partial charge on any atom is 0.133 e. The molecule has 0 aromatic heterocycles. The Morgan fingerprint density at radius 3 is 3.00 bits per heavy atom. The average molecular weight is 315 g/mol. The van der Waals surface area contributed by atoms with Gasteiger partial charge in [0, 0.05) is 12.5 Å². The molecular weight excluding hydrogens is 296 g/mol. The van der Waals surface area contributed by atoms with Crippen molar-refractivity contribution < 1.29 is 14.6 Å². The standard InChI is InChI=1S/C14H19BrO3/c1-2-18-13-6-5-10(8-12(13)15)14(16)11-4-3-7-17-9-11/h5-6,8,11,14,16H,2-4,7,9H2,1H3. The van der Waals surface area contributed by atoms with Crippen LogP contribution in [-0.4, -0.2) is 24.9 Å². The molecule has 0 bridgehead atoms. The first-order valence-corrected chi connectivity index (χ1v) is 7.19. The summed E-state index contributed by atoms with van der Waals surface area (Å²) >= 11 is 3.47. The van der Waals surface area contributed by atoms with Crippen LogP contribution in [0, 0.1) is 5.92 Å². The molecule has 0 spiro atoms. The molecule has 2 rings (SSSR count). The van der Waals surface area contributed by atoms with Crippen LogP contribution in [0.15, 0.2) is 22.7 Å². The number of aliphatic hydroxyl groups is 1. The van der Waals surface area contributed by atoms with Gasteiger partial charge in [-0.25, -0.2) is 0 Å². The van der Waals surface area contributed by atoms with Gasteiger partial charge < -0.3 is 14.6 Å². The highest BCUT2D eigenvalue weighted by molar-refractivity contribution is 9.10. The molecule has 1 aliphatic heterocycles. The van der Waals surface area contributed by atoms with Crippen molar-refractivity contribution in [2.45, 2.75) is 25.9 Å². The summed E-state index contributed by atoms with van der Waals surface area (Å²) in [5.41, 5.74) is 0.917. The number of ether oxygens (including phenoxy) is 2. The summed E-state index contributed by atoms with van der Waals surface area (Å²) in [5.74, 6) is 1.01. The van der Waals surface area contributed by atoms with Gasteiger partial charge in [0.2, 0.25) is 0 Å². The van der Waals surface area contributed by atoms with Gasteiger partial charge in [0.25, 0.3) is 0 Å². The Morgan fingerprint density at radius 1 is 1.56 bits per heavy atom. The number of aliphatic hydroxyl groups excluding tert-OH is 1. The van der Waals surface area contributed by atoms with Crippen molar-refractivity contribution in [3.63, 3.8) is 0 Å². The second-order valence-electron chi connectivity index (χ2n) is 4.54. The summed E-state index contributed by atoms with van der Waals surface area (Å²) in [6.45, 7) is 4.05. The van der Waals surface area contributed by atoms with Gasteiger partial charge in [0.15, 0.2) is 0 Å². The molecule has 3 nitrogen and oxygen atoms in total. The molecular formula is C14H19BrO3. The van der Waals surface area contributed by atoms with Crippen LogP contribution in [0.3, 0.4) is 0 Å². The van der Waals surface area contributed by atoms with E-state index in [4.69, 9.17) is 9.47 Å². The van der Waals surface area contributed by atoms with Crippen molar-refractivity contribution in [2.75, 3.05) is 19.8 Å². The molecule has 1 aromatic rings. The highest BCUT2D eigenvalue weighted by atomic mass is 79.9. The van der Waals surface area contributed by atoms with Crippen LogP contribution in [0.2, 0.25) is 0 Å². The summed E-state index contributed by atoms with van der Waals surface area (Å²) in [6, 6.07) is 5.76. The fourth-order valence-electron chi connectivity index (χ4n) is 2.26. The Labute approximate surface area is 116 Å². The third-order valence-electron chi connectivity index (χ3n) is 3.24. The van der Waals surface area contributed by atoms with Crippen LogP contribution in [0.5, 0.6) is 5.75 Å². The second-order valence-corrected chi connectivity index (χ2v) is 5.40. The summed E-state index contributed by atoms with van der Waals surface area (Å²) in [5, 5.41) is 10.3. The van der Waals surface area contributed by atoms with Gasteiger partial charge in [0.1, 0.15) is 5.75 Å². The zero-order valence-electron chi connectivity index (χ0n) is 10.6. The van der Waals surface area contributed by atoms with Gasteiger partial charge in [-0.15, -0.1) is 0 Å². The van der Waals surface area contributed by atoms with Crippen molar-refractivity contribution >= 4 is 15.9 Å². The number of benzene rings is 1. The van der Waals surface area contributed by atoms with E-state index < -0.39 is 6.10 Å². The molecule has 0 saturated carbocycles. The first-order chi connectivity index (χ1) is 8.72. The third-order valence-corrected chi connectivity index (χ3v) is 3.86. The maximum absolute atomic E-state index is 10.3. The molecule has 1 heterocycles. The molecule has 100 valence electrons. The highest BCUT2D eigenvalue weighted by Gasteiger charge is 2.24. The minimum Gasteiger partial charge on any atom is -0.493 e. The summed E-state index contributed by atoms with van der Waals surface area (Å²) in [7, 11) is 0. The monoisotopic (exact) mass is 314 g/mol. The Balaban J connectivity index is 2.10. The topological polar surface area (TPSA) is 38.7 Å². The zero-order valence-corrected chi connectivity index (χ0v) is 12.1. The lowest BCUT2D eigenvalue weighted by Gasteiger charge is -2.27. The largest absolute Gasteiger partial charge is 0.493 e. The first-order valence-electron chi connectivity index (χ1n) is 6.40. The first kappa shape index (κ1) is 13.8. The number of halogens is 1. The molecule has 1 aliphatic rings. The van der Waals surface area contributed by atoms with E-state index in [-0.39, 0.29) is 5.92 Å². The fourth-order valence-corrected chi connectivity index (χ4v) is 2.77. The summed E-state index contributed by atoms with van der Waals surface area (Å²) in [4.78, 5) is 0. The predicted octanol–water partition coefficient (Wildman–Crippen LogP) is 3.31. The second kappa shape index (κ2) is 6.55. The fraction of sp³-hybridized carbons (Fsp3) is 0.571. The van der Waals surface area contributed by atoms with Crippen molar-refractivity contribution in [2.24, 2.45) is 5.92 Å². The zero-order chi connectivity index (χ0) is 13.0. The van der Waals surface area contributed by atoms with Crippen LogP contribution >= 0.6 is 15.9 Å². The van der Waals surface area contributed by atoms with Crippen molar-refractivity contribution in [3.05, 3.63) is 28.2 Å². The van der Waals surface area contributed by atoms with Crippen LogP contribution in [-0.2, 0) is 4.74 Å². The van der Waals surface area contributed by atoms with Gasteiger partial charge in [0.05, 0.1) is 23.8 Å². The van der Waals surface area contributed by atoms with E-state index in [0.29, 0.717) is 13.2 Å². The smallest absolute Gasteiger partial charge is 0.133 e. The van der Waals surface area contributed by atoms with E-state index >= 15 is 0 Å². The molecule has 1 saturated heterocycles. The molecule has 1 fully saturated rings. The molecule has 2 unspecified atom stereocenters. The molecule has 1 aromatic carbocycles. The van der Waals surface area contributed by atoms with Crippen LogP contribution in [0.1, 0.15) is 31.4 Å². The predicted molar refractivity (Wildman–Crippen MR) is 73.8 cm³/mol. The molecule has 0 aliphatic carbocycles. The summed E-state index contributed by atoms with van der Waals surface area (Å²) in [6.07, 6.45) is 1.59. The van der Waals surface area contributed by atoms with Crippen molar-refractivity contribution in [3.8, 4) is 5.75 Å². The number of hydrogen-bond donors (Lipinski definition) is 1. The lowest BCUT2D eigenvalue weighted by molar-refractivity contribution is -0.00999. The number of hydrogen-bond acceptors (Lipinski definition) is 3. The SMILES string of the molecule is CCOc1ccc(C(O)C2CCCOC2)cc1Br. The van der Waals surface area contributed by atoms with Gasteiger partial charge in [-0.2, -0.15) is 0 Å². The normalized spacial score (nSPS) is 21.6. The van der Waals surface area contributed by atoms with Crippen LogP contribution in [0.25, 0.3) is 0 Å². The lowest BCUT2D eigenvalue weighted by atomic mass is 9.91. The Kier molecular flexibility index (Phi) is 5.03. The minimum atomic E-state index is -0.461. The van der Waals surface area contributed by atoms with Gasteiger partial charge in [-0.1, -0.05) is 6.07 Å². The van der Waals surface area contributed by atoms with Crippen LogP contribution in [0.4, 0.5) is 0 Å². The van der Waals surface area contributed by atoms with E-state index in [1.807, 2.05) is 25.1 Å². The maximum atomic E-state index is 10.3. The van der Waals surface area contributed by atoms with E-state index in [0.717, 1.165) is 35.2 Å². The highest BCUT2D eigenvalue weighted by Crippen LogP contribution is 2.33. The quantitative estimate of drug-likeness (QED) is 0.926. The molecule has 1 N–H and O–H groups in total. The van der Waals surface area contributed by atoms with E-state index in [2.05, 4.69) is 15.9 Å². The Hall–Kier alpha value is -0.580. The molecule has 2 atom stereocenters. The van der Waals surface area contributed by atoms with Gasteiger partial charge in [-0.3, -0.25) is 0 Å². The van der Waals surface area contributed by atoms with Gasteiger partial charge in [-0.05, 0) is 53.4 Å². The minimum absolute atomic E-state index is 0.198. The average Bonchev–Trinajstić information content (AvgIpc) is 2.41. The van der Waals surface area contributed by atoms with E-state index in [1.54, 1.807) is 0 Å². The Morgan fingerprint density at radius 2 is 2.39 bits per heavy atom. The summed E-state index contributed by atoms with van der Waals surface area (Å²) < 4.78 is 11.8. The molecule has 0 radical (unpaired) electrons. The third kappa shape index (κ3) is 3.25. The van der Waals surface area contributed by atoms with E-state index in [9.17, 15) is 5.11 Å². The molecule has 18 heavy (non-hydrogen) atoms. The van der Waals surface area contributed by atoms with Crippen molar-refractivity contribution in [1.82, 2.24) is 0 Å². The molecule has 0 amide bonds. The van der Waals surface area contributed by atoms with Gasteiger partial charge >= 0.3 is 0 Å². The van der Waals surface area contributed by atoms with Crippen molar-refractivity contribution in [1.29, 1.82) is 0 Å².